The van der Waals surface area contributed by atoms with Crippen LogP contribution in [0, 0.1) is 6.92 Å². The third-order valence-electron chi connectivity index (χ3n) is 1.26. The van der Waals surface area contributed by atoms with Crippen molar-refractivity contribution in [3.05, 3.63) is 35.7 Å². The van der Waals surface area contributed by atoms with E-state index in [0.717, 1.165) is 12.1 Å². The highest BCUT2D eigenvalue weighted by Gasteiger charge is 2.31. The number of halogens is 4. The van der Waals surface area contributed by atoms with Crippen LogP contribution in [-0.4, -0.2) is 6.36 Å². The Morgan fingerprint density at radius 1 is 1.31 bits per heavy atom. The molecule has 0 atom stereocenters. The predicted molar refractivity (Wildman–Crippen MR) is 42.6 cm³/mol. The number of alkyl halides is 3. The zero-order chi connectivity index (χ0) is 10.1. The molecular formula is C8H5ClF3O. The molecule has 0 saturated heterocycles. The lowest BCUT2D eigenvalue weighted by Gasteiger charge is -2.09. The van der Waals surface area contributed by atoms with Crippen LogP contribution in [0.1, 0.15) is 5.56 Å². The first-order valence-electron chi connectivity index (χ1n) is 3.26. The summed E-state index contributed by atoms with van der Waals surface area (Å²) in [5.41, 5.74) is 0.455. The molecule has 0 heterocycles. The Hall–Kier alpha value is -0.900. The van der Waals surface area contributed by atoms with Crippen LogP contribution in [0.4, 0.5) is 13.2 Å². The van der Waals surface area contributed by atoms with Gasteiger partial charge in [-0.25, -0.2) is 0 Å². The van der Waals surface area contributed by atoms with Crippen molar-refractivity contribution >= 4 is 11.6 Å². The van der Waals surface area contributed by atoms with Crippen molar-refractivity contribution in [2.24, 2.45) is 0 Å². The van der Waals surface area contributed by atoms with Gasteiger partial charge < -0.3 is 4.74 Å². The second-order valence-electron chi connectivity index (χ2n) is 2.30. The first kappa shape index (κ1) is 10.2. The largest absolute Gasteiger partial charge is 0.573 e. The van der Waals surface area contributed by atoms with E-state index in [4.69, 9.17) is 11.6 Å². The van der Waals surface area contributed by atoms with E-state index in [0.29, 0.717) is 5.56 Å². The van der Waals surface area contributed by atoms with E-state index in [1.54, 1.807) is 0 Å². The highest BCUT2D eigenvalue weighted by atomic mass is 35.5. The number of ether oxygens (including phenoxy) is 1. The highest BCUT2D eigenvalue weighted by molar-refractivity contribution is 6.31. The molecule has 0 spiro atoms. The van der Waals surface area contributed by atoms with Gasteiger partial charge in [0.05, 0.1) is 0 Å². The summed E-state index contributed by atoms with van der Waals surface area (Å²) >= 11 is 5.53. The Kier molecular flexibility index (Phi) is 2.71. The lowest BCUT2D eigenvalue weighted by Crippen LogP contribution is -2.17. The Bertz CT molecular complexity index is 309. The standard InChI is InChI=1S/C8H5ClF3O/c1-5-2-3-6(4-7(5)9)13-8(10,11)12/h2-4H,1H2. The molecule has 0 saturated carbocycles. The van der Waals surface area contributed by atoms with Gasteiger partial charge in [0.25, 0.3) is 0 Å². The van der Waals surface area contributed by atoms with E-state index >= 15 is 0 Å². The van der Waals surface area contributed by atoms with E-state index in [1.165, 1.54) is 6.07 Å². The number of rotatable bonds is 1. The van der Waals surface area contributed by atoms with Crippen LogP contribution >= 0.6 is 11.6 Å². The molecule has 1 nitrogen and oxygen atoms in total. The molecule has 1 radical (unpaired) electrons. The quantitative estimate of drug-likeness (QED) is 0.689. The first-order valence-corrected chi connectivity index (χ1v) is 3.63. The summed E-state index contributed by atoms with van der Waals surface area (Å²) in [7, 11) is 0. The van der Waals surface area contributed by atoms with Gasteiger partial charge in [0.1, 0.15) is 5.75 Å². The topological polar surface area (TPSA) is 9.23 Å². The molecule has 0 N–H and O–H groups in total. The fourth-order valence-corrected chi connectivity index (χ4v) is 0.896. The maximum atomic E-state index is 11.7. The van der Waals surface area contributed by atoms with Gasteiger partial charge in [-0.2, -0.15) is 0 Å². The zero-order valence-corrected chi connectivity index (χ0v) is 7.12. The molecule has 1 aromatic carbocycles. The van der Waals surface area contributed by atoms with Gasteiger partial charge in [0, 0.05) is 5.02 Å². The van der Waals surface area contributed by atoms with Crippen LogP contribution in [0.3, 0.4) is 0 Å². The molecule has 5 heteroatoms. The van der Waals surface area contributed by atoms with Gasteiger partial charge in [0.2, 0.25) is 0 Å². The second-order valence-corrected chi connectivity index (χ2v) is 2.71. The van der Waals surface area contributed by atoms with Crippen molar-refractivity contribution in [3.8, 4) is 5.75 Å². The molecule has 13 heavy (non-hydrogen) atoms. The smallest absolute Gasteiger partial charge is 0.406 e. The third-order valence-corrected chi connectivity index (χ3v) is 1.61. The summed E-state index contributed by atoms with van der Waals surface area (Å²) in [4.78, 5) is 0. The molecule has 1 aromatic rings. The van der Waals surface area contributed by atoms with E-state index in [2.05, 4.69) is 11.7 Å². The van der Waals surface area contributed by atoms with Crippen LogP contribution < -0.4 is 4.74 Å². The maximum Gasteiger partial charge on any atom is 0.573 e. The van der Waals surface area contributed by atoms with E-state index in [9.17, 15) is 13.2 Å². The molecule has 1 rings (SSSR count). The summed E-state index contributed by atoms with van der Waals surface area (Å²) in [5, 5.41) is 0.141. The van der Waals surface area contributed by atoms with Crippen LogP contribution in [0.15, 0.2) is 18.2 Å². The molecule has 0 unspecified atom stereocenters. The minimum absolute atomic E-state index is 0.141. The van der Waals surface area contributed by atoms with Crippen molar-refractivity contribution < 1.29 is 17.9 Å². The Balaban J connectivity index is 2.86. The molecule has 0 amide bonds. The molecule has 0 aliphatic heterocycles. The summed E-state index contributed by atoms with van der Waals surface area (Å²) in [6.45, 7) is 3.49. The van der Waals surface area contributed by atoms with Gasteiger partial charge >= 0.3 is 6.36 Å². The Morgan fingerprint density at radius 3 is 2.38 bits per heavy atom. The van der Waals surface area contributed by atoms with E-state index < -0.39 is 6.36 Å². The van der Waals surface area contributed by atoms with Crippen LogP contribution in [0.25, 0.3) is 0 Å². The van der Waals surface area contributed by atoms with Gasteiger partial charge in [-0.3, -0.25) is 0 Å². The average molecular weight is 210 g/mol. The van der Waals surface area contributed by atoms with Crippen LogP contribution in [0.2, 0.25) is 5.02 Å². The third kappa shape index (κ3) is 3.14. The molecule has 0 aliphatic rings. The minimum Gasteiger partial charge on any atom is -0.406 e. The van der Waals surface area contributed by atoms with Crippen molar-refractivity contribution in [3.63, 3.8) is 0 Å². The Labute approximate surface area is 78.1 Å². The first-order chi connectivity index (χ1) is 5.88. The predicted octanol–water partition coefficient (Wildman–Crippen LogP) is 3.42. The molecule has 0 aromatic heterocycles. The average Bonchev–Trinajstić information content (AvgIpc) is 1.94. The number of hydrogen-bond donors (Lipinski definition) is 0. The fraction of sp³-hybridized carbons (Fsp3) is 0.125. The maximum absolute atomic E-state index is 11.7. The van der Waals surface area contributed by atoms with Gasteiger partial charge in [-0.15, -0.1) is 13.2 Å². The van der Waals surface area contributed by atoms with Crippen LogP contribution in [-0.2, 0) is 0 Å². The molecular weight excluding hydrogens is 205 g/mol. The summed E-state index contributed by atoms with van der Waals surface area (Å²) < 4.78 is 38.7. The molecule has 0 fully saturated rings. The fourth-order valence-electron chi connectivity index (χ4n) is 0.725. The lowest BCUT2D eigenvalue weighted by atomic mass is 10.2. The van der Waals surface area contributed by atoms with Crippen molar-refractivity contribution in [2.45, 2.75) is 6.36 Å². The summed E-state index contributed by atoms with van der Waals surface area (Å²) in [5.74, 6) is -0.343. The molecule has 71 valence electrons. The zero-order valence-electron chi connectivity index (χ0n) is 6.36. The lowest BCUT2D eigenvalue weighted by molar-refractivity contribution is -0.274. The summed E-state index contributed by atoms with van der Waals surface area (Å²) in [6.07, 6.45) is -4.69. The normalized spacial score (nSPS) is 11.5. The van der Waals surface area contributed by atoms with Crippen molar-refractivity contribution in [1.82, 2.24) is 0 Å². The molecule has 0 bridgehead atoms. The summed E-state index contributed by atoms with van der Waals surface area (Å²) in [6, 6.07) is 3.57. The SMILES string of the molecule is [CH2]c1ccc(OC(F)(F)F)cc1Cl. The highest BCUT2D eigenvalue weighted by Crippen LogP contribution is 2.26. The van der Waals surface area contributed by atoms with Crippen LogP contribution in [0.5, 0.6) is 5.75 Å². The second kappa shape index (κ2) is 3.46. The van der Waals surface area contributed by atoms with Crippen molar-refractivity contribution in [2.75, 3.05) is 0 Å². The van der Waals surface area contributed by atoms with Gasteiger partial charge in [0.15, 0.2) is 0 Å². The van der Waals surface area contributed by atoms with Gasteiger partial charge in [-0.05, 0) is 24.6 Å². The van der Waals surface area contributed by atoms with E-state index in [-0.39, 0.29) is 10.8 Å². The monoisotopic (exact) mass is 209 g/mol. The Morgan fingerprint density at radius 2 is 1.92 bits per heavy atom. The van der Waals surface area contributed by atoms with Gasteiger partial charge in [-0.1, -0.05) is 17.7 Å². The minimum atomic E-state index is -4.69. The van der Waals surface area contributed by atoms with E-state index in [1.807, 2.05) is 0 Å². The number of hydrogen-bond acceptors (Lipinski definition) is 1. The van der Waals surface area contributed by atoms with Crippen molar-refractivity contribution in [1.29, 1.82) is 0 Å². The number of benzene rings is 1. The molecule has 0 aliphatic carbocycles.